The summed E-state index contributed by atoms with van der Waals surface area (Å²) in [7, 11) is 1.61. The average molecular weight is 273 g/mol. The van der Waals surface area contributed by atoms with Gasteiger partial charge in [0.2, 0.25) is 5.91 Å². The summed E-state index contributed by atoms with van der Waals surface area (Å²) in [5.74, 6) is 0.992. The van der Waals surface area contributed by atoms with Crippen molar-refractivity contribution >= 4 is 11.7 Å². The van der Waals surface area contributed by atoms with Crippen LogP contribution in [-0.4, -0.2) is 36.8 Å². The van der Waals surface area contributed by atoms with E-state index in [9.17, 15) is 9.59 Å². The van der Waals surface area contributed by atoms with Crippen LogP contribution >= 0.6 is 0 Å². The molecule has 106 valence electrons. The second-order valence-electron chi connectivity index (χ2n) is 5.54. The maximum Gasteiger partial charge on any atom is 0.223 e. The Balaban J connectivity index is 1.83. The van der Waals surface area contributed by atoms with Crippen LogP contribution in [0.4, 0.5) is 0 Å². The van der Waals surface area contributed by atoms with Gasteiger partial charge in [-0.2, -0.15) is 0 Å². The number of Topliss-reactive ketones (excluding diaryl/α,β-unsaturated/α-hetero) is 1. The molecule has 1 aromatic rings. The molecule has 0 radical (unpaired) electrons. The smallest absolute Gasteiger partial charge is 0.223 e. The molecule has 3 rings (SSSR count). The van der Waals surface area contributed by atoms with Crippen molar-refractivity contribution in [3.63, 3.8) is 0 Å². The van der Waals surface area contributed by atoms with Crippen LogP contribution in [-0.2, 0) is 4.79 Å². The summed E-state index contributed by atoms with van der Waals surface area (Å²) < 4.78 is 5.37. The number of hydrogen-bond donors (Lipinski definition) is 0. The molecule has 4 heteroatoms. The first-order valence-corrected chi connectivity index (χ1v) is 7.18. The number of ketones is 1. The second kappa shape index (κ2) is 5.27. The zero-order chi connectivity index (χ0) is 14.1. The summed E-state index contributed by atoms with van der Waals surface area (Å²) in [5, 5.41) is 0. The maximum atomic E-state index is 12.3. The van der Waals surface area contributed by atoms with Crippen molar-refractivity contribution in [1.29, 1.82) is 0 Å². The van der Waals surface area contributed by atoms with Gasteiger partial charge in [0.15, 0.2) is 5.78 Å². The first kappa shape index (κ1) is 13.2. The average Bonchev–Trinajstić information content (AvgIpc) is 3.08. The Kier molecular flexibility index (Phi) is 3.47. The van der Waals surface area contributed by atoms with Gasteiger partial charge in [-0.05, 0) is 18.9 Å². The van der Waals surface area contributed by atoms with Crippen molar-refractivity contribution < 1.29 is 14.3 Å². The Bertz CT molecular complexity index is 547. The minimum absolute atomic E-state index is 0.0262. The topological polar surface area (TPSA) is 46.6 Å². The first-order chi connectivity index (χ1) is 9.70. The van der Waals surface area contributed by atoms with Gasteiger partial charge in [0.05, 0.1) is 7.11 Å². The van der Waals surface area contributed by atoms with Crippen molar-refractivity contribution in [3.8, 4) is 5.75 Å². The van der Waals surface area contributed by atoms with E-state index in [0.29, 0.717) is 12.8 Å². The molecule has 1 amide bonds. The lowest BCUT2D eigenvalue weighted by Crippen LogP contribution is -2.28. The normalized spacial score (nSPS) is 21.1. The van der Waals surface area contributed by atoms with Gasteiger partial charge in [-0.15, -0.1) is 0 Å². The summed E-state index contributed by atoms with van der Waals surface area (Å²) in [6.45, 7) is 1.72. The molecule has 1 aliphatic carbocycles. The van der Waals surface area contributed by atoms with Crippen LogP contribution in [0.5, 0.6) is 5.75 Å². The summed E-state index contributed by atoms with van der Waals surface area (Å²) >= 11 is 0. The van der Waals surface area contributed by atoms with Crippen molar-refractivity contribution in [2.75, 3.05) is 20.2 Å². The number of nitrogens with zero attached hydrogens (tertiary/aromatic N) is 1. The lowest BCUT2D eigenvalue weighted by molar-refractivity contribution is -0.130. The monoisotopic (exact) mass is 273 g/mol. The molecule has 2 aliphatic rings. The summed E-state index contributed by atoms with van der Waals surface area (Å²) in [5.41, 5.74) is 1.65. The maximum absolute atomic E-state index is 12.3. The van der Waals surface area contributed by atoms with Gasteiger partial charge in [0, 0.05) is 43.0 Å². The number of methoxy groups -OCH3 is 1. The summed E-state index contributed by atoms with van der Waals surface area (Å²) in [6, 6.07) is 5.53. The molecular formula is C16H19NO3. The van der Waals surface area contributed by atoms with Crippen molar-refractivity contribution in [3.05, 3.63) is 29.3 Å². The predicted octanol–water partition coefficient (Wildman–Crippen LogP) is 2.38. The SMILES string of the molecule is COc1cccc2c1C(CC(=O)N1CCCC1)CC2=O. The molecule has 0 N–H and O–H groups in total. The van der Waals surface area contributed by atoms with Crippen LogP contribution in [0.2, 0.25) is 0 Å². The van der Waals surface area contributed by atoms with Gasteiger partial charge in [-0.1, -0.05) is 12.1 Å². The number of ether oxygens (including phenoxy) is 1. The minimum atomic E-state index is -0.0262. The van der Waals surface area contributed by atoms with Gasteiger partial charge in [0.1, 0.15) is 5.75 Å². The van der Waals surface area contributed by atoms with Gasteiger partial charge < -0.3 is 9.64 Å². The molecule has 0 aromatic heterocycles. The lowest BCUT2D eigenvalue weighted by Gasteiger charge is -2.19. The molecule has 0 bridgehead atoms. The fourth-order valence-electron chi connectivity index (χ4n) is 3.30. The van der Waals surface area contributed by atoms with E-state index >= 15 is 0 Å². The number of benzene rings is 1. The molecule has 1 unspecified atom stereocenters. The van der Waals surface area contributed by atoms with E-state index in [1.54, 1.807) is 7.11 Å². The molecule has 0 spiro atoms. The second-order valence-corrected chi connectivity index (χ2v) is 5.54. The van der Waals surface area contributed by atoms with Gasteiger partial charge in [-0.3, -0.25) is 9.59 Å². The fraction of sp³-hybridized carbons (Fsp3) is 0.500. The van der Waals surface area contributed by atoms with E-state index in [-0.39, 0.29) is 17.6 Å². The first-order valence-electron chi connectivity index (χ1n) is 7.18. The van der Waals surface area contributed by atoms with E-state index in [1.165, 1.54) is 0 Å². The van der Waals surface area contributed by atoms with Crippen LogP contribution in [0, 0.1) is 0 Å². The zero-order valence-corrected chi connectivity index (χ0v) is 11.7. The molecule has 0 saturated carbocycles. The Morgan fingerprint density at radius 2 is 2.10 bits per heavy atom. The largest absolute Gasteiger partial charge is 0.496 e. The fourth-order valence-corrected chi connectivity index (χ4v) is 3.30. The highest BCUT2D eigenvalue weighted by atomic mass is 16.5. The van der Waals surface area contributed by atoms with E-state index in [4.69, 9.17) is 4.74 Å². The number of amides is 1. The van der Waals surface area contributed by atoms with E-state index in [1.807, 2.05) is 23.1 Å². The van der Waals surface area contributed by atoms with Gasteiger partial charge in [0.25, 0.3) is 0 Å². The molecule has 20 heavy (non-hydrogen) atoms. The van der Waals surface area contributed by atoms with Gasteiger partial charge >= 0.3 is 0 Å². The summed E-state index contributed by atoms with van der Waals surface area (Å²) in [6.07, 6.45) is 3.03. The van der Waals surface area contributed by atoms with Crippen molar-refractivity contribution in [1.82, 2.24) is 4.90 Å². The van der Waals surface area contributed by atoms with E-state index < -0.39 is 0 Å². The highest BCUT2D eigenvalue weighted by Gasteiger charge is 2.34. The van der Waals surface area contributed by atoms with Crippen LogP contribution in [0.1, 0.15) is 47.5 Å². The van der Waals surface area contributed by atoms with Crippen LogP contribution < -0.4 is 4.74 Å². The third-order valence-electron chi connectivity index (χ3n) is 4.31. The Hall–Kier alpha value is -1.84. The molecule has 1 atom stereocenters. The number of carbonyl (C=O) groups is 2. The van der Waals surface area contributed by atoms with E-state index in [2.05, 4.69) is 0 Å². The number of rotatable bonds is 3. The molecule has 1 saturated heterocycles. The van der Waals surface area contributed by atoms with Crippen molar-refractivity contribution in [2.24, 2.45) is 0 Å². The molecule has 1 aromatic carbocycles. The van der Waals surface area contributed by atoms with Gasteiger partial charge in [-0.25, -0.2) is 0 Å². The number of likely N-dealkylation sites (tertiary alicyclic amines) is 1. The third kappa shape index (κ3) is 2.19. The number of hydrogen-bond acceptors (Lipinski definition) is 3. The third-order valence-corrected chi connectivity index (χ3v) is 4.31. The Labute approximate surface area is 118 Å². The molecule has 1 heterocycles. The van der Waals surface area contributed by atoms with E-state index in [0.717, 1.165) is 42.8 Å². The minimum Gasteiger partial charge on any atom is -0.496 e. The molecule has 1 fully saturated rings. The zero-order valence-electron chi connectivity index (χ0n) is 11.7. The summed E-state index contributed by atoms with van der Waals surface area (Å²) in [4.78, 5) is 26.3. The predicted molar refractivity (Wildman–Crippen MR) is 75.1 cm³/mol. The quantitative estimate of drug-likeness (QED) is 0.849. The van der Waals surface area contributed by atoms with Crippen LogP contribution in [0.15, 0.2) is 18.2 Å². The number of fused-ring (bicyclic) bond motifs is 1. The van der Waals surface area contributed by atoms with Crippen molar-refractivity contribution in [2.45, 2.75) is 31.6 Å². The number of carbonyl (C=O) groups excluding carboxylic acids is 2. The molecule has 1 aliphatic heterocycles. The Morgan fingerprint density at radius 1 is 1.35 bits per heavy atom. The Morgan fingerprint density at radius 3 is 2.80 bits per heavy atom. The molecular weight excluding hydrogens is 254 g/mol. The highest BCUT2D eigenvalue weighted by Crippen LogP contribution is 2.41. The van der Waals surface area contributed by atoms with Crippen LogP contribution in [0.3, 0.4) is 0 Å². The lowest BCUT2D eigenvalue weighted by atomic mass is 9.96. The van der Waals surface area contributed by atoms with Crippen LogP contribution in [0.25, 0.3) is 0 Å². The standard InChI is InChI=1S/C16H19NO3/c1-20-14-6-4-5-12-13(18)9-11(16(12)14)10-15(19)17-7-2-3-8-17/h4-6,11H,2-3,7-10H2,1H3. The molecule has 4 nitrogen and oxygen atoms in total. The highest BCUT2D eigenvalue weighted by molar-refractivity contribution is 6.02.